The second-order valence-corrected chi connectivity index (χ2v) is 3.26. The number of pyridine rings is 1. The fourth-order valence-corrected chi connectivity index (χ4v) is 1.30. The summed E-state index contributed by atoms with van der Waals surface area (Å²) in [6.07, 6.45) is 3.91. The molecular formula is C10H17N3. The number of nitrogens with zero attached hydrogens (tertiary/aromatic N) is 1. The van der Waals surface area contributed by atoms with Crippen molar-refractivity contribution in [1.82, 2.24) is 10.3 Å². The minimum Gasteiger partial charge on any atom is -0.383 e. The Hall–Kier alpha value is -1.09. The van der Waals surface area contributed by atoms with Gasteiger partial charge in [0.15, 0.2) is 0 Å². The van der Waals surface area contributed by atoms with Gasteiger partial charge in [0, 0.05) is 6.20 Å². The Bertz CT molecular complexity index is 271. The molecule has 3 heteroatoms. The molecule has 13 heavy (non-hydrogen) atoms. The predicted octanol–water partition coefficient (Wildman–Crippen LogP) is 1.12. The average molecular weight is 179 g/mol. The highest BCUT2D eigenvalue weighted by Crippen LogP contribution is 2.11. The number of hydrogen-bond acceptors (Lipinski definition) is 3. The molecule has 1 heterocycles. The minimum absolute atomic E-state index is 0.668. The first kappa shape index (κ1) is 9.99. The Kier molecular flexibility index (Phi) is 3.71. The van der Waals surface area contributed by atoms with E-state index in [0.717, 1.165) is 24.9 Å². The smallest absolute Gasteiger partial charge is 0.126 e. The van der Waals surface area contributed by atoms with E-state index < -0.39 is 0 Å². The second-order valence-electron chi connectivity index (χ2n) is 3.26. The number of nitrogen functional groups attached to an aromatic ring is 1. The van der Waals surface area contributed by atoms with Crippen LogP contribution < -0.4 is 11.1 Å². The van der Waals surface area contributed by atoms with Crippen LogP contribution in [0.25, 0.3) is 0 Å². The summed E-state index contributed by atoms with van der Waals surface area (Å²) in [5.41, 5.74) is 8.08. The molecule has 0 spiro atoms. The molecule has 1 aromatic heterocycles. The Balaban J connectivity index is 2.59. The standard InChI is InChI=1S/C10H17N3/c1-8-6-9(4-3-5-12-2)10(11)13-7-8/h6-7,12H,3-5H2,1-2H3,(H2,11,13). The maximum absolute atomic E-state index is 5.74. The van der Waals surface area contributed by atoms with Gasteiger partial charge >= 0.3 is 0 Å². The van der Waals surface area contributed by atoms with Crippen LogP contribution in [0.5, 0.6) is 0 Å². The normalized spacial score (nSPS) is 10.3. The van der Waals surface area contributed by atoms with Crippen LogP contribution in [0.2, 0.25) is 0 Å². The monoisotopic (exact) mass is 179 g/mol. The van der Waals surface area contributed by atoms with Crippen LogP contribution in [0.15, 0.2) is 12.3 Å². The SMILES string of the molecule is CNCCCc1cc(C)cnc1N. The molecule has 3 nitrogen and oxygen atoms in total. The maximum Gasteiger partial charge on any atom is 0.126 e. The Morgan fingerprint density at radius 1 is 1.54 bits per heavy atom. The first-order valence-corrected chi connectivity index (χ1v) is 4.59. The summed E-state index contributed by atoms with van der Waals surface area (Å²) in [6, 6.07) is 2.11. The van der Waals surface area contributed by atoms with Crippen molar-refractivity contribution in [3.05, 3.63) is 23.4 Å². The number of anilines is 1. The zero-order valence-electron chi connectivity index (χ0n) is 8.30. The number of hydrogen-bond donors (Lipinski definition) is 2. The van der Waals surface area contributed by atoms with E-state index in [4.69, 9.17) is 5.73 Å². The molecule has 0 bridgehead atoms. The molecule has 0 unspecified atom stereocenters. The summed E-state index contributed by atoms with van der Waals surface area (Å²) in [7, 11) is 1.96. The Morgan fingerprint density at radius 2 is 2.31 bits per heavy atom. The fourth-order valence-electron chi connectivity index (χ4n) is 1.30. The first-order chi connectivity index (χ1) is 6.24. The lowest BCUT2D eigenvalue weighted by molar-refractivity contribution is 0.724. The van der Waals surface area contributed by atoms with E-state index in [0.29, 0.717) is 5.82 Å². The van der Waals surface area contributed by atoms with Gasteiger partial charge in [-0.2, -0.15) is 0 Å². The molecule has 0 aromatic carbocycles. The van der Waals surface area contributed by atoms with Crippen molar-refractivity contribution in [2.75, 3.05) is 19.3 Å². The molecule has 0 fully saturated rings. The molecule has 0 atom stereocenters. The van der Waals surface area contributed by atoms with Crippen molar-refractivity contribution in [2.24, 2.45) is 0 Å². The van der Waals surface area contributed by atoms with Gasteiger partial charge in [-0.15, -0.1) is 0 Å². The second kappa shape index (κ2) is 4.82. The van der Waals surface area contributed by atoms with E-state index in [-0.39, 0.29) is 0 Å². The zero-order valence-corrected chi connectivity index (χ0v) is 8.30. The van der Waals surface area contributed by atoms with Gasteiger partial charge in [-0.05, 0) is 44.5 Å². The summed E-state index contributed by atoms with van der Waals surface area (Å²) in [5.74, 6) is 0.668. The topological polar surface area (TPSA) is 50.9 Å². The van der Waals surface area contributed by atoms with Crippen LogP contribution >= 0.6 is 0 Å². The highest BCUT2D eigenvalue weighted by atomic mass is 14.8. The molecule has 1 rings (SSSR count). The van der Waals surface area contributed by atoms with E-state index in [1.54, 1.807) is 6.20 Å². The summed E-state index contributed by atoms with van der Waals surface area (Å²) in [6.45, 7) is 3.06. The van der Waals surface area contributed by atoms with Gasteiger partial charge in [0.1, 0.15) is 5.82 Å². The highest BCUT2D eigenvalue weighted by Gasteiger charge is 1.99. The molecule has 72 valence electrons. The van der Waals surface area contributed by atoms with Crippen molar-refractivity contribution in [2.45, 2.75) is 19.8 Å². The number of nitrogens with one attached hydrogen (secondary N) is 1. The van der Waals surface area contributed by atoms with Crippen LogP contribution in [0.4, 0.5) is 5.82 Å². The lowest BCUT2D eigenvalue weighted by Crippen LogP contribution is -2.09. The van der Waals surface area contributed by atoms with Crippen molar-refractivity contribution < 1.29 is 0 Å². The molecule has 0 saturated heterocycles. The fraction of sp³-hybridized carbons (Fsp3) is 0.500. The van der Waals surface area contributed by atoms with Crippen LogP contribution in [0.3, 0.4) is 0 Å². The third kappa shape index (κ3) is 3.03. The quantitative estimate of drug-likeness (QED) is 0.681. The van der Waals surface area contributed by atoms with E-state index in [1.807, 2.05) is 14.0 Å². The van der Waals surface area contributed by atoms with Gasteiger partial charge in [-0.25, -0.2) is 4.98 Å². The molecule has 0 aliphatic carbocycles. The summed E-state index contributed by atoms with van der Waals surface area (Å²) in [4.78, 5) is 4.11. The molecule has 1 aromatic rings. The lowest BCUT2D eigenvalue weighted by atomic mass is 10.1. The third-order valence-corrected chi connectivity index (χ3v) is 2.01. The van der Waals surface area contributed by atoms with E-state index >= 15 is 0 Å². The van der Waals surface area contributed by atoms with Gasteiger partial charge < -0.3 is 11.1 Å². The van der Waals surface area contributed by atoms with E-state index in [2.05, 4.69) is 16.4 Å². The first-order valence-electron chi connectivity index (χ1n) is 4.59. The molecule has 0 aliphatic rings. The Labute approximate surface area is 79.4 Å². The van der Waals surface area contributed by atoms with Crippen molar-refractivity contribution in [3.63, 3.8) is 0 Å². The van der Waals surface area contributed by atoms with Gasteiger partial charge in [0.25, 0.3) is 0 Å². The van der Waals surface area contributed by atoms with Gasteiger partial charge in [-0.3, -0.25) is 0 Å². The summed E-state index contributed by atoms with van der Waals surface area (Å²) >= 11 is 0. The minimum atomic E-state index is 0.668. The largest absolute Gasteiger partial charge is 0.383 e. The Morgan fingerprint density at radius 3 is 3.00 bits per heavy atom. The van der Waals surface area contributed by atoms with Crippen LogP contribution in [-0.4, -0.2) is 18.6 Å². The maximum atomic E-state index is 5.74. The van der Waals surface area contributed by atoms with Gasteiger partial charge in [-0.1, -0.05) is 6.07 Å². The number of nitrogens with two attached hydrogens (primary N) is 1. The number of aromatic nitrogens is 1. The van der Waals surface area contributed by atoms with Crippen molar-refractivity contribution in [1.29, 1.82) is 0 Å². The lowest BCUT2D eigenvalue weighted by Gasteiger charge is -2.05. The predicted molar refractivity (Wildman–Crippen MR) is 55.6 cm³/mol. The third-order valence-electron chi connectivity index (χ3n) is 2.01. The molecule has 0 amide bonds. The average Bonchev–Trinajstić information content (AvgIpc) is 2.11. The zero-order chi connectivity index (χ0) is 9.68. The van der Waals surface area contributed by atoms with Crippen LogP contribution in [0.1, 0.15) is 17.5 Å². The van der Waals surface area contributed by atoms with Crippen molar-refractivity contribution in [3.8, 4) is 0 Å². The molecular weight excluding hydrogens is 162 g/mol. The van der Waals surface area contributed by atoms with Crippen molar-refractivity contribution >= 4 is 5.82 Å². The van der Waals surface area contributed by atoms with Crippen LogP contribution in [0, 0.1) is 6.92 Å². The highest BCUT2D eigenvalue weighted by molar-refractivity contribution is 5.40. The molecule has 3 N–H and O–H groups in total. The molecule has 0 saturated carbocycles. The van der Waals surface area contributed by atoms with E-state index in [9.17, 15) is 0 Å². The summed E-state index contributed by atoms with van der Waals surface area (Å²) in [5, 5.41) is 3.11. The van der Waals surface area contributed by atoms with Gasteiger partial charge in [0.05, 0.1) is 0 Å². The van der Waals surface area contributed by atoms with Crippen LogP contribution in [-0.2, 0) is 6.42 Å². The molecule has 0 aliphatic heterocycles. The van der Waals surface area contributed by atoms with Gasteiger partial charge in [0.2, 0.25) is 0 Å². The number of aryl methyl sites for hydroxylation is 2. The molecule has 0 radical (unpaired) electrons. The number of rotatable bonds is 4. The summed E-state index contributed by atoms with van der Waals surface area (Å²) < 4.78 is 0. The van der Waals surface area contributed by atoms with E-state index in [1.165, 1.54) is 5.56 Å².